The van der Waals surface area contributed by atoms with Gasteiger partial charge in [-0.15, -0.1) is 17.9 Å². The molecule has 7 heteroatoms. The molecular weight excluding hydrogens is 414 g/mol. The summed E-state index contributed by atoms with van der Waals surface area (Å²) in [4.78, 5) is 32.3. The van der Waals surface area contributed by atoms with Crippen molar-refractivity contribution in [3.63, 3.8) is 0 Å². The van der Waals surface area contributed by atoms with Gasteiger partial charge in [0.1, 0.15) is 4.83 Å². The molecule has 0 fully saturated rings. The van der Waals surface area contributed by atoms with Gasteiger partial charge in [0.15, 0.2) is 5.16 Å². The second kappa shape index (κ2) is 8.78. The van der Waals surface area contributed by atoms with Crippen molar-refractivity contribution in [2.24, 2.45) is 5.92 Å². The van der Waals surface area contributed by atoms with Crippen molar-refractivity contribution in [2.45, 2.75) is 43.6 Å². The van der Waals surface area contributed by atoms with Crippen LogP contribution < -0.4 is 10.9 Å². The molecule has 0 radical (unpaired) electrons. The summed E-state index contributed by atoms with van der Waals surface area (Å²) in [5, 5.41) is 4.15. The molecule has 30 heavy (non-hydrogen) atoms. The lowest BCUT2D eigenvalue weighted by atomic mass is 9.89. The highest BCUT2D eigenvalue weighted by Gasteiger charge is 2.24. The molecule has 1 unspecified atom stereocenters. The fraction of sp³-hybridized carbons (Fsp3) is 0.348. The summed E-state index contributed by atoms with van der Waals surface area (Å²) in [5.74, 6) is 1.17. The van der Waals surface area contributed by atoms with Crippen LogP contribution in [0.4, 0.5) is 0 Å². The van der Waals surface area contributed by atoms with Gasteiger partial charge in [-0.25, -0.2) is 4.98 Å². The van der Waals surface area contributed by atoms with E-state index in [-0.39, 0.29) is 11.5 Å². The Balaban J connectivity index is 1.70. The minimum Gasteiger partial charge on any atom is -0.355 e. The Bertz CT molecular complexity index is 1180. The number of nitrogens with one attached hydrogen (secondary N) is 1. The van der Waals surface area contributed by atoms with E-state index < -0.39 is 0 Å². The number of thiophene rings is 1. The van der Waals surface area contributed by atoms with E-state index in [9.17, 15) is 9.59 Å². The average Bonchev–Trinajstić information content (AvgIpc) is 3.11. The van der Waals surface area contributed by atoms with Crippen molar-refractivity contribution in [3.8, 4) is 0 Å². The third kappa shape index (κ3) is 3.96. The number of carbonyl (C=O) groups excluding carboxylic acids is 1. The fourth-order valence-electron chi connectivity index (χ4n) is 3.90. The minimum absolute atomic E-state index is 0.0357. The lowest BCUT2D eigenvalue weighted by Crippen LogP contribution is -2.23. The van der Waals surface area contributed by atoms with Gasteiger partial charge < -0.3 is 5.32 Å². The second-order valence-corrected chi connectivity index (χ2v) is 9.73. The Labute approximate surface area is 184 Å². The van der Waals surface area contributed by atoms with Crippen LogP contribution in [0.5, 0.6) is 0 Å². The smallest absolute Gasteiger partial charge is 0.263 e. The zero-order valence-corrected chi connectivity index (χ0v) is 18.9. The van der Waals surface area contributed by atoms with E-state index >= 15 is 0 Å². The fourth-order valence-corrected chi connectivity index (χ4v) is 6.28. The number of aromatic nitrogens is 2. The van der Waals surface area contributed by atoms with Crippen LogP contribution in [-0.2, 0) is 25.1 Å². The number of nitrogens with zero attached hydrogens (tertiary/aromatic N) is 2. The standard InChI is InChI=1S/C23H25N3O2S2/c1-4-10-26-22(28)19-17-9-8-14(2)11-18(17)30-21(19)25-23(26)29-13-15-6-5-7-16(12-15)20(27)24-3/h4-7,12,14H,1,8-11,13H2,2-3H3,(H,24,27). The number of thioether (sulfide) groups is 1. The van der Waals surface area contributed by atoms with Gasteiger partial charge in [-0.05, 0) is 48.4 Å². The van der Waals surface area contributed by atoms with Crippen LogP contribution in [0.2, 0.25) is 0 Å². The summed E-state index contributed by atoms with van der Waals surface area (Å²) in [6.07, 6.45) is 4.86. The van der Waals surface area contributed by atoms with Gasteiger partial charge in [0, 0.05) is 29.8 Å². The Morgan fingerprint density at radius 3 is 3.07 bits per heavy atom. The van der Waals surface area contributed by atoms with Gasteiger partial charge in [-0.1, -0.05) is 36.9 Å². The quantitative estimate of drug-likeness (QED) is 0.351. The summed E-state index contributed by atoms with van der Waals surface area (Å²) in [5.41, 5.74) is 2.88. The lowest BCUT2D eigenvalue weighted by Gasteiger charge is -2.17. The molecule has 2 aromatic heterocycles. The average molecular weight is 440 g/mol. The van der Waals surface area contributed by atoms with E-state index in [0.717, 1.165) is 35.0 Å². The Hall–Kier alpha value is -2.38. The molecule has 0 saturated heterocycles. The van der Waals surface area contributed by atoms with Gasteiger partial charge in [0.2, 0.25) is 0 Å². The molecule has 4 rings (SSSR count). The van der Waals surface area contributed by atoms with E-state index in [4.69, 9.17) is 4.98 Å². The highest BCUT2D eigenvalue weighted by molar-refractivity contribution is 7.98. The second-order valence-electron chi connectivity index (χ2n) is 7.70. The van der Waals surface area contributed by atoms with Gasteiger partial charge in [-0.2, -0.15) is 0 Å². The topological polar surface area (TPSA) is 64.0 Å². The first-order valence-electron chi connectivity index (χ1n) is 10.1. The molecule has 2 heterocycles. The summed E-state index contributed by atoms with van der Waals surface area (Å²) in [7, 11) is 1.62. The van der Waals surface area contributed by atoms with Gasteiger partial charge in [-0.3, -0.25) is 14.2 Å². The number of allylic oxidation sites excluding steroid dienone is 1. The van der Waals surface area contributed by atoms with Crippen molar-refractivity contribution < 1.29 is 4.79 Å². The van der Waals surface area contributed by atoms with Crippen LogP contribution >= 0.6 is 23.1 Å². The van der Waals surface area contributed by atoms with Gasteiger partial charge in [0.25, 0.3) is 11.5 Å². The molecule has 0 bridgehead atoms. The van der Waals surface area contributed by atoms with Crippen LogP contribution in [0.3, 0.4) is 0 Å². The Morgan fingerprint density at radius 1 is 1.47 bits per heavy atom. The van der Waals surface area contributed by atoms with Crippen LogP contribution in [-0.4, -0.2) is 22.5 Å². The summed E-state index contributed by atoms with van der Waals surface area (Å²) in [6, 6.07) is 7.54. The first-order valence-corrected chi connectivity index (χ1v) is 11.9. The van der Waals surface area contributed by atoms with Crippen molar-refractivity contribution in [1.82, 2.24) is 14.9 Å². The molecule has 0 spiro atoms. The third-order valence-electron chi connectivity index (χ3n) is 5.48. The molecule has 0 saturated carbocycles. The van der Waals surface area contributed by atoms with Crippen molar-refractivity contribution in [3.05, 3.63) is 68.8 Å². The maximum absolute atomic E-state index is 13.4. The summed E-state index contributed by atoms with van der Waals surface area (Å²) in [6.45, 7) is 6.53. The predicted octanol–water partition coefficient (Wildman–Crippen LogP) is 4.42. The first kappa shape index (κ1) is 20.9. The molecule has 1 atom stereocenters. The van der Waals surface area contributed by atoms with Crippen LogP contribution in [0.1, 0.15) is 39.7 Å². The van der Waals surface area contributed by atoms with Crippen molar-refractivity contribution in [2.75, 3.05) is 7.05 Å². The summed E-state index contributed by atoms with van der Waals surface area (Å²) >= 11 is 3.20. The summed E-state index contributed by atoms with van der Waals surface area (Å²) < 4.78 is 1.73. The molecule has 1 aliphatic carbocycles. The SMILES string of the molecule is C=CCn1c(SCc2cccc(C(=O)NC)c2)nc2sc3c(c2c1=O)CCC(C)C3. The number of amides is 1. The predicted molar refractivity (Wildman–Crippen MR) is 125 cm³/mol. The molecule has 156 valence electrons. The van der Waals surface area contributed by atoms with Crippen LogP contribution in [0.25, 0.3) is 10.2 Å². The van der Waals surface area contributed by atoms with E-state index in [1.165, 1.54) is 22.2 Å². The monoisotopic (exact) mass is 439 g/mol. The zero-order valence-electron chi connectivity index (χ0n) is 17.2. The van der Waals surface area contributed by atoms with E-state index in [0.29, 0.717) is 28.9 Å². The van der Waals surface area contributed by atoms with E-state index in [2.05, 4.69) is 18.8 Å². The molecule has 1 N–H and O–H groups in total. The molecule has 1 aromatic carbocycles. The van der Waals surface area contributed by atoms with Crippen molar-refractivity contribution >= 4 is 39.2 Å². The molecule has 5 nitrogen and oxygen atoms in total. The molecule has 0 aliphatic heterocycles. The molecular formula is C23H25N3O2S2. The van der Waals surface area contributed by atoms with Crippen LogP contribution in [0.15, 0.2) is 46.9 Å². The van der Waals surface area contributed by atoms with Gasteiger partial charge >= 0.3 is 0 Å². The van der Waals surface area contributed by atoms with E-state index in [1.807, 2.05) is 18.2 Å². The number of carbonyl (C=O) groups is 1. The number of benzene rings is 1. The maximum atomic E-state index is 13.4. The number of hydrogen-bond acceptors (Lipinski definition) is 5. The molecule has 1 amide bonds. The van der Waals surface area contributed by atoms with Crippen LogP contribution in [0, 0.1) is 5.92 Å². The first-order chi connectivity index (χ1) is 14.5. The highest BCUT2D eigenvalue weighted by atomic mass is 32.2. The number of hydrogen-bond donors (Lipinski definition) is 1. The Kier molecular flexibility index (Phi) is 6.11. The molecule has 3 aromatic rings. The number of rotatable bonds is 6. The normalized spacial score (nSPS) is 15.7. The van der Waals surface area contributed by atoms with Gasteiger partial charge in [0.05, 0.1) is 5.39 Å². The number of fused-ring (bicyclic) bond motifs is 3. The lowest BCUT2D eigenvalue weighted by molar-refractivity contribution is 0.0963. The van der Waals surface area contributed by atoms with E-state index in [1.54, 1.807) is 35.1 Å². The largest absolute Gasteiger partial charge is 0.355 e. The highest BCUT2D eigenvalue weighted by Crippen LogP contribution is 2.36. The zero-order chi connectivity index (χ0) is 21.3. The minimum atomic E-state index is -0.108. The Morgan fingerprint density at radius 2 is 2.30 bits per heavy atom. The third-order valence-corrected chi connectivity index (χ3v) is 7.67. The molecule has 1 aliphatic rings. The number of aryl methyl sites for hydroxylation is 1. The van der Waals surface area contributed by atoms with Crippen molar-refractivity contribution in [1.29, 1.82) is 0 Å². The maximum Gasteiger partial charge on any atom is 0.263 e.